The molecule has 1 aliphatic rings. The summed E-state index contributed by atoms with van der Waals surface area (Å²) in [7, 11) is 0. The highest BCUT2D eigenvalue weighted by Crippen LogP contribution is 1.98. The summed E-state index contributed by atoms with van der Waals surface area (Å²) in [5.74, 6) is 0.366. The molecule has 1 heterocycles. The molecule has 0 bridgehead atoms. The van der Waals surface area contributed by atoms with Gasteiger partial charge in [0.2, 0.25) is 0 Å². The highest BCUT2D eigenvalue weighted by molar-refractivity contribution is 14.0. The number of nitrogens with zero attached hydrogens (tertiary/aromatic N) is 2. The van der Waals surface area contributed by atoms with Gasteiger partial charge in [-0.3, -0.25) is 9.79 Å². The summed E-state index contributed by atoms with van der Waals surface area (Å²) in [4.78, 5) is 17.3. The number of carbonyl (C=O) groups excluding carboxylic acids is 1. The highest BCUT2D eigenvalue weighted by atomic mass is 127. The normalized spacial score (nSPS) is 16.1. The van der Waals surface area contributed by atoms with E-state index in [1.807, 2.05) is 4.90 Å². The zero-order valence-corrected chi connectivity index (χ0v) is 13.1. The van der Waals surface area contributed by atoms with Gasteiger partial charge in [-0.2, -0.15) is 0 Å². The second-order valence-corrected chi connectivity index (χ2v) is 3.75. The Morgan fingerprint density at radius 3 is 2.72 bits per heavy atom. The van der Waals surface area contributed by atoms with Crippen LogP contribution < -0.4 is 5.73 Å². The number of nitrogens with two attached hydrogens (primary N) is 1. The Balaban J connectivity index is 0.00000289. The van der Waals surface area contributed by atoms with Crippen molar-refractivity contribution < 1.29 is 14.3 Å². The van der Waals surface area contributed by atoms with Gasteiger partial charge in [-0.25, -0.2) is 0 Å². The number of ether oxygens (including phenoxy) is 2. The predicted octanol–water partition coefficient (Wildman–Crippen LogP) is 0.595. The summed E-state index contributed by atoms with van der Waals surface area (Å²) in [6.07, 6.45) is 1.07. The van der Waals surface area contributed by atoms with Crippen LogP contribution >= 0.6 is 24.0 Å². The number of guanidine groups is 1. The lowest BCUT2D eigenvalue weighted by atomic mass is 10.3. The molecule has 18 heavy (non-hydrogen) atoms. The van der Waals surface area contributed by atoms with E-state index in [0.717, 1.165) is 13.1 Å². The van der Waals surface area contributed by atoms with Crippen molar-refractivity contribution in [2.24, 2.45) is 10.7 Å². The molecule has 7 heteroatoms. The van der Waals surface area contributed by atoms with Crippen molar-refractivity contribution in [3.8, 4) is 0 Å². The van der Waals surface area contributed by atoms with Crippen LogP contribution in [0, 0.1) is 0 Å². The Morgan fingerprint density at radius 2 is 2.11 bits per heavy atom. The summed E-state index contributed by atoms with van der Waals surface area (Å²) in [5, 5.41) is 0. The van der Waals surface area contributed by atoms with Gasteiger partial charge in [0.1, 0.15) is 0 Å². The summed E-state index contributed by atoms with van der Waals surface area (Å²) >= 11 is 0. The van der Waals surface area contributed by atoms with E-state index >= 15 is 0 Å². The standard InChI is InChI=1S/C11H21N3O3.HI/c1-2-17-10(15)4-3-5-13-11(12)14-6-8-16-9-7-14;/h2-9H2,1H3,(H2,12,13);1H. The molecule has 0 saturated carbocycles. The average molecular weight is 371 g/mol. The van der Waals surface area contributed by atoms with Crippen molar-refractivity contribution in [1.82, 2.24) is 4.90 Å². The maximum atomic E-state index is 11.1. The highest BCUT2D eigenvalue weighted by Gasteiger charge is 2.11. The minimum atomic E-state index is -0.173. The molecule has 106 valence electrons. The Bertz CT molecular complexity index is 268. The first-order chi connectivity index (χ1) is 8.24. The van der Waals surface area contributed by atoms with Crippen LogP contribution in [0.4, 0.5) is 0 Å². The van der Waals surface area contributed by atoms with Crippen molar-refractivity contribution in [1.29, 1.82) is 0 Å². The number of carbonyl (C=O) groups is 1. The molecule has 0 amide bonds. The maximum absolute atomic E-state index is 11.1. The Morgan fingerprint density at radius 1 is 1.44 bits per heavy atom. The molecule has 1 saturated heterocycles. The number of hydrogen-bond donors (Lipinski definition) is 1. The molecular formula is C11H22IN3O3. The van der Waals surface area contributed by atoms with Gasteiger partial charge in [0, 0.05) is 26.1 Å². The van der Waals surface area contributed by atoms with Gasteiger partial charge in [0.05, 0.1) is 19.8 Å². The first-order valence-corrected chi connectivity index (χ1v) is 6.02. The number of morpholine rings is 1. The SMILES string of the molecule is CCOC(=O)CCCN=C(N)N1CCOCC1.I. The molecule has 1 aliphatic heterocycles. The van der Waals surface area contributed by atoms with Crippen LogP contribution in [0.3, 0.4) is 0 Å². The quantitative estimate of drug-likeness (QED) is 0.252. The van der Waals surface area contributed by atoms with Gasteiger partial charge >= 0.3 is 5.97 Å². The van der Waals surface area contributed by atoms with Gasteiger partial charge in [0.25, 0.3) is 0 Å². The van der Waals surface area contributed by atoms with Crippen LogP contribution in [0.15, 0.2) is 4.99 Å². The van der Waals surface area contributed by atoms with Gasteiger partial charge in [-0.1, -0.05) is 0 Å². The van der Waals surface area contributed by atoms with Crippen molar-refractivity contribution in [3.63, 3.8) is 0 Å². The van der Waals surface area contributed by atoms with Gasteiger partial charge < -0.3 is 20.1 Å². The van der Waals surface area contributed by atoms with E-state index in [1.54, 1.807) is 6.92 Å². The molecule has 0 aromatic carbocycles. The zero-order chi connectivity index (χ0) is 12.5. The molecule has 6 nitrogen and oxygen atoms in total. The molecule has 0 radical (unpaired) electrons. The molecule has 1 rings (SSSR count). The molecule has 0 aliphatic carbocycles. The van der Waals surface area contributed by atoms with Crippen LogP contribution in [0.5, 0.6) is 0 Å². The van der Waals surface area contributed by atoms with Gasteiger partial charge in [-0.05, 0) is 13.3 Å². The molecule has 0 unspecified atom stereocenters. The van der Waals surface area contributed by atoms with E-state index in [-0.39, 0.29) is 29.9 Å². The average Bonchev–Trinajstić information content (AvgIpc) is 2.36. The van der Waals surface area contributed by atoms with E-state index < -0.39 is 0 Å². The molecule has 0 spiro atoms. The molecular weight excluding hydrogens is 349 g/mol. The second-order valence-electron chi connectivity index (χ2n) is 3.75. The number of aliphatic imine (C=N–C) groups is 1. The Kier molecular flexibility index (Phi) is 10.0. The third kappa shape index (κ3) is 7.00. The molecule has 0 aromatic rings. The maximum Gasteiger partial charge on any atom is 0.305 e. The van der Waals surface area contributed by atoms with E-state index in [9.17, 15) is 4.79 Å². The third-order valence-corrected chi connectivity index (χ3v) is 2.45. The number of halogens is 1. The van der Waals surface area contributed by atoms with E-state index in [2.05, 4.69) is 4.99 Å². The smallest absolute Gasteiger partial charge is 0.305 e. The predicted molar refractivity (Wildman–Crippen MR) is 80.2 cm³/mol. The van der Waals surface area contributed by atoms with Crippen molar-refractivity contribution in [2.45, 2.75) is 19.8 Å². The topological polar surface area (TPSA) is 77.1 Å². The van der Waals surface area contributed by atoms with Crippen LogP contribution in [-0.4, -0.2) is 56.3 Å². The Labute approximate surface area is 125 Å². The second kappa shape index (κ2) is 10.4. The van der Waals surface area contributed by atoms with Crippen LogP contribution in [0.2, 0.25) is 0 Å². The first kappa shape index (κ1) is 17.4. The van der Waals surface area contributed by atoms with Crippen LogP contribution in [-0.2, 0) is 14.3 Å². The third-order valence-electron chi connectivity index (χ3n) is 2.45. The fraction of sp³-hybridized carbons (Fsp3) is 0.818. The molecule has 2 N–H and O–H groups in total. The Hall–Kier alpha value is -0.570. The zero-order valence-electron chi connectivity index (χ0n) is 10.8. The molecule has 0 atom stereocenters. The first-order valence-electron chi connectivity index (χ1n) is 6.02. The fourth-order valence-electron chi connectivity index (χ4n) is 1.54. The van der Waals surface area contributed by atoms with Crippen LogP contribution in [0.1, 0.15) is 19.8 Å². The van der Waals surface area contributed by atoms with E-state index in [0.29, 0.717) is 45.2 Å². The van der Waals surface area contributed by atoms with E-state index in [1.165, 1.54) is 0 Å². The van der Waals surface area contributed by atoms with Gasteiger partial charge in [-0.15, -0.1) is 24.0 Å². The minimum Gasteiger partial charge on any atom is -0.466 e. The van der Waals surface area contributed by atoms with Crippen molar-refractivity contribution in [2.75, 3.05) is 39.5 Å². The monoisotopic (exact) mass is 371 g/mol. The number of hydrogen-bond acceptors (Lipinski definition) is 4. The summed E-state index contributed by atoms with van der Waals surface area (Å²) in [5.41, 5.74) is 5.83. The molecule has 0 aromatic heterocycles. The van der Waals surface area contributed by atoms with Gasteiger partial charge in [0.15, 0.2) is 5.96 Å². The summed E-state index contributed by atoms with van der Waals surface area (Å²) in [6, 6.07) is 0. The lowest BCUT2D eigenvalue weighted by Gasteiger charge is -2.27. The summed E-state index contributed by atoms with van der Waals surface area (Å²) < 4.78 is 10.0. The fourth-order valence-corrected chi connectivity index (χ4v) is 1.54. The minimum absolute atomic E-state index is 0. The van der Waals surface area contributed by atoms with Crippen molar-refractivity contribution >= 4 is 35.9 Å². The lowest BCUT2D eigenvalue weighted by molar-refractivity contribution is -0.143. The molecule has 1 fully saturated rings. The summed E-state index contributed by atoms with van der Waals surface area (Å²) in [6.45, 7) is 5.74. The van der Waals surface area contributed by atoms with E-state index in [4.69, 9.17) is 15.2 Å². The van der Waals surface area contributed by atoms with Crippen LogP contribution in [0.25, 0.3) is 0 Å². The lowest BCUT2D eigenvalue weighted by Crippen LogP contribution is -2.44. The largest absolute Gasteiger partial charge is 0.466 e. The van der Waals surface area contributed by atoms with Crippen molar-refractivity contribution in [3.05, 3.63) is 0 Å². The number of rotatable bonds is 5. The number of esters is 1.